The molecule has 0 radical (unpaired) electrons. The Morgan fingerprint density at radius 2 is 1.96 bits per heavy atom. The molecule has 1 N–H and O–H groups in total. The lowest BCUT2D eigenvalue weighted by atomic mass is 10.2. The van der Waals surface area contributed by atoms with Crippen LogP contribution in [0.4, 0.5) is 4.39 Å². The number of carbonyl (C=O) groups is 1. The van der Waals surface area contributed by atoms with Crippen LogP contribution in [0.3, 0.4) is 0 Å². The van der Waals surface area contributed by atoms with Crippen LogP contribution in [0.1, 0.15) is 15.9 Å². The summed E-state index contributed by atoms with van der Waals surface area (Å²) in [5, 5.41) is 3.76. The second-order valence-corrected chi connectivity index (χ2v) is 5.09. The predicted octanol–water partition coefficient (Wildman–Crippen LogP) is 3.54. The van der Waals surface area contributed by atoms with Crippen molar-refractivity contribution in [1.29, 1.82) is 0 Å². The summed E-state index contributed by atoms with van der Waals surface area (Å²) in [6.45, 7) is 0.250. The zero-order chi connectivity index (χ0) is 17.5. The van der Waals surface area contributed by atoms with Crippen LogP contribution in [0.2, 0.25) is 0 Å². The summed E-state index contributed by atoms with van der Waals surface area (Å²) < 4.78 is 23.6. The Hall–Kier alpha value is -3.41. The fraction of sp³-hybridized carbons (Fsp3) is 0.0526. The number of rotatable bonds is 5. The van der Waals surface area contributed by atoms with Gasteiger partial charge < -0.3 is 9.47 Å². The van der Waals surface area contributed by atoms with Gasteiger partial charge in [-0.3, -0.25) is 4.79 Å². The highest BCUT2D eigenvalue weighted by atomic mass is 19.1. The van der Waals surface area contributed by atoms with Crippen LogP contribution in [-0.2, 0) is 0 Å². The van der Waals surface area contributed by atoms with Crippen LogP contribution < -0.4 is 14.9 Å². The van der Waals surface area contributed by atoms with Crippen LogP contribution in [-0.4, -0.2) is 18.9 Å². The molecule has 1 aliphatic heterocycles. The predicted molar refractivity (Wildman–Crippen MR) is 93.1 cm³/mol. The third kappa shape index (κ3) is 4.54. The molecule has 1 amide bonds. The van der Waals surface area contributed by atoms with Gasteiger partial charge in [-0.1, -0.05) is 30.4 Å². The van der Waals surface area contributed by atoms with Gasteiger partial charge in [0.05, 0.1) is 0 Å². The molecule has 2 aromatic rings. The topological polar surface area (TPSA) is 59.9 Å². The van der Waals surface area contributed by atoms with E-state index in [9.17, 15) is 9.18 Å². The highest BCUT2D eigenvalue weighted by Crippen LogP contribution is 2.32. The van der Waals surface area contributed by atoms with Crippen molar-refractivity contribution in [2.45, 2.75) is 0 Å². The van der Waals surface area contributed by atoms with Gasteiger partial charge >= 0.3 is 0 Å². The van der Waals surface area contributed by atoms with Gasteiger partial charge in [-0.15, -0.1) is 0 Å². The van der Waals surface area contributed by atoms with Crippen molar-refractivity contribution in [3.8, 4) is 11.5 Å². The van der Waals surface area contributed by atoms with Crippen molar-refractivity contribution in [1.82, 2.24) is 5.43 Å². The monoisotopic (exact) mass is 338 g/mol. The van der Waals surface area contributed by atoms with Gasteiger partial charge in [-0.05, 0) is 42.0 Å². The first-order valence-electron chi connectivity index (χ1n) is 7.54. The lowest BCUT2D eigenvalue weighted by molar-refractivity contribution is 0.0954. The van der Waals surface area contributed by atoms with Crippen molar-refractivity contribution in [3.05, 3.63) is 77.6 Å². The maximum absolute atomic E-state index is 13.0. The number of carbonyl (C=O) groups excluding carboxylic acids is 1. The van der Waals surface area contributed by atoms with Gasteiger partial charge in [-0.25, -0.2) is 9.82 Å². The van der Waals surface area contributed by atoms with Crippen molar-refractivity contribution in [2.75, 3.05) is 6.79 Å². The number of allylic oxidation sites excluding steroid dienone is 3. The van der Waals surface area contributed by atoms with Crippen LogP contribution >= 0.6 is 0 Å². The number of benzene rings is 2. The molecule has 1 heterocycles. The zero-order valence-electron chi connectivity index (χ0n) is 13.2. The van der Waals surface area contributed by atoms with Crippen LogP contribution in [0.15, 0.2) is 65.8 Å². The first-order chi connectivity index (χ1) is 12.2. The molecular formula is C19H15FN2O3. The van der Waals surface area contributed by atoms with Gasteiger partial charge in [0.2, 0.25) is 6.79 Å². The summed E-state index contributed by atoms with van der Waals surface area (Å²) in [6.07, 6.45) is 8.59. The molecule has 0 bridgehead atoms. The average molecular weight is 338 g/mol. The number of ether oxygens (including phenoxy) is 2. The molecule has 2 aromatic carbocycles. The van der Waals surface area contributed by atoms with E-state index in [1.54, 1.807) is 12.2 Å². The van der Waals surface area contributed by atoms with E-state index < -0.39 is 11.7 Å². The van der Waals surface area contributed by atoms with Crippen molar-refractivity contribution in [2.24, 2.45) is 5.10 Å². The Kier molecular flexibility index (Phi) is 5.21. The molecule has 6 heteroatoms. The lowest BCUT2D eigenvalue weighted by Crippen LogP contribution is -2.17. The molecule has 1 aliphatic rings. The van der Waals surface area contributed by atoms with Crippen LogP contribution in [0.25, 0.3) is 6.08 Å². The van der Waals surface area contributed by atoms with E-state index in [-0.39, 0.29) is 12.4 Å². The Morgan fingerprint density at radius 3 is 2.84 bits per heavy atom. The highest BCUT2D eigenvalue weighted by molar-refractivity contribution is 5.94. The minimum Gasteiger partial charge on any atom is -0.454 e. The molecule has 0 saturated carbocycles. The third-order valence-corrected chi connectivity index (χ3v) is 3.32. The number of nitrogens with one attached hydrogen (secondary N) is 1. The van der Waals surface area contributed by atoms with Crippen LogP contribution in [0.5, 0.6) is 11.5 Å². The van der Waals surface area contributed by atoms with Gasteiger partial charge in [-0.2, -0.15) is 5.10 Å². The van der Waals surface area contributed by atoms with Gasteiger partial charge in [0.1, 0.15) is 5.82 Å². The number of hydrogen-bond acceptors (Lipinski definition) is 4. The SMILES string of the molecule is O=C(N/N=C/C=C/C=C/c1ccc2c(c1)OCO2)c1cccc(F)c1. The molecule has 0 spiro atoms. The fourth-order valence-corrected chi connectivity index (χ4v) is 2.13. The molecule has 25 heavy (non-hydrogen) atoms. The first-order valence-corrected chi connectivity index (χ1v) is 7.54. The molecule has 126 valence electrons. The number of hydrogen-bond donors (Lipinski definition) is 1. The second-order valence-electron chi connectivity index (χ2n) is 5.09. The quantitative estimate of drug-likeness (QED) is 0.515. The van der Waals surface area contributed by atoms with E-state index in [0.29, 0.717) is 0 Å². The van der Waals surface area contributed by atoms with Crippen molar-refractivity contribution >= 4 is 18.2 Å². The number of amides is 1. The molecule has 0 aliphatic carbocycles. The first kappa shape index (κ1) is 16.4. The maximum atomic E-state index is 13.0. The Morgan fingerprint density at radius 1 is 1.08 bits per heavy atom. The third-order valence-electron chi connectivity index (χ3n) is 3.32. The molecular weight excluding hydrogens is 323 g/mol. The fourth-order valence-electron chi connectivity index (χ4n) is 2.13. The standard InChI is InChI=1S/C19H15FN2O3/c20-16-7-4-6-15(12-16)19(23)22-21-10-3-1-2-5-14-8-9-17-18(11-14)25-13-24-17/h1-12H,13H2,(H,22,23)/b3-1+,5-2+,21-10+. The molecule has 0 aromatic heterocycles. The summed E-state index contributed by atoms with van der Waals surface area (Å²) in [7, 11) is 0. The molecule has 0 fully saturated rings. The Bertz CT molecular complexity index is 859. The van der Waals surface area contributed by atoms with Crippen LogP contribution in [0, 0.1) is 5.82 Å². The summed E-state index contributed by atoms with van der Waals surface area (Å²) in [6, 6.07) is 11.1. The van der Waals surface area contributed by atoms with Crippen molar-refractivity contribution in [3.63, 3.8) is 0 Å². The van der Waals surface area contributed by atoms with Gasteiger partial charge in [0.25, 0.3) is 5.91 Å². The summed E-state index contributed by atoms with van der Waals surface area (Å²) in [5.74, 6) is 0.534. The lowest BCUT2D eigenvalue weighted by Gasteiger charge is -1.98. The molecule has 0 saturated heterocycles. The van der Waals surface area contributed by atoms with E-state index in [0.717, 1.165) is 23.1 Å². The van der Waals surface area contributed by atoms with E-state index in [2.05, 4.69) is 10.5 Å². The summed E-state index contributed by atoms with van der Waals surface area (Å²) in [5.41, 5.74) is 3.51. The van der Waals surface area contributed by atoms with E-state index in [1.807, 2.05) is 30.4 Å². The minimum absolute atomic E-state index is 0.212. The molecule has 0 unspecified atom stereocenters. The van der Waals surface area contributed by atoms with Gasteiger partial charge in [0, 0.05) is 11.8 Å². The molecule has 3 rings (SSSR count). The number of fused-ring (bicyclic) bond motifs is 1. The van der Waals surface area contributed by atoms with Gasteiger partial charge in [0.15, 0.2) is 11.5 Å². The van der Waals surface area contributed by atoms with E-state index >= 15 is 0 Å². The normalized spacial score (nSPS) is 13.2. The molecule has 0 atom stereocenters. The Labute approximate surface area is 144 Å². The smallest absolute Gasteiger partial charge is 0.271 e. The Balaban J connectivity index is 1.48. The van der Waals surface area contributed by atoms with E-state index in [1.165, 1.54) is 24.4 Å². The maximum Gasteiger partial charge on any atom is 0.271 e. The second kappa shape index (κ2) is 7.92. The summed E-state index contributed by atoms with van der Waals surface area (Å²) in [4.78, 5) is 11.7. The number of hydrazone groups is 1. The largest absolute Gasteiger partial charge is 0.454 e. The zero-order valence-corrected chi connectivity index (χ0v) is 13.2. The summed E-state index contributed by atoms with van der Waals surface area (Å²) >= 11 is 0. The number of nitrogens with zero attached hydrogens (tertiary/aromatic N) is 1. The average Bonchev–Trinajstić information content (AvgIpc) is 3.08. The highest BCUT2D eigenvalue weighted by Gasteiger charge is 2.11. The minimum atomic E-state index is -0.472. The van der Waals surface area contributed by atoms with Crippen molar-refractivity contribution < 1.29 is 18.7 Å². The van der Waals surface area contributed by atoms with E-state index in [4.69, 9.17) is 9.47 Å². The number of halogens is 1. The molecule has 5 nitrogen and oxygen atoms in total.